The molecule has 0 saturated carbocycles. The number of anilines is 1. The van der Waals surface area contributed by atoms with Crippen LogP contribution in [0, 0.1) is 13.8 Å². The van der Waals surface area contributed by atoms with Crippen LogP contribution >= 0.6 is 0 Å². The quantitative estimate of drug-likeness (QED) is 0.525. The number of hydrogen-bond acceptors (Lipinski definition) is 4. The predicted octanol–water partition coefficient (Wildman–Crippen LogP) is 4.48. The van der Waals surface area contributed by atoms with Crippen molar-refractivity contribution in [2.75, 3.05) is 18.9 Å². The number of carbonyl (C=O) groups excluding carboxylic acids is 1. The first-order chi connectivity index (χ1) is 15.8. The Balaban J connectivity index is 1.53. The van der Waals surface area contributed by atoms with E-state index in [1.807, 2.05) is 31.9 Å². The van der Waals surface area contributed by atoms with E-state index in [1.54, 1.807) is 12.1 Å². The number of amides is 1. The lowest BCUT2D eigenvalue weighted by molar-refractivity contribution is -0.133. The minimum Gasteiger partial charge on any atom is -0.508 e. The van der Waals surface area contributed by atoms with Gasteiger partial charge in [-0.05, 0) is 84.7 Å². The van der Waals surface area contributed by atoms with Crippen LogP contribution in [0.25, 0.3) is 0 Å². The van der Waals surface area contributed by atoms with Crippen LogP contribution in [0.1, 0.15) is 45.8 Å². The Labute approximate surface area is 196 Å². The summed E-state index contributed by atoms with van der Waals surface area (Å²) in [4.78, 5) is 15.2. The maximum atomic E-state index is 13.4. The number of carbonyl (C=O) groups is 1. The number of rotatable bonds is 6. The molecule has 4 N–H and O–H groups in total. The molecule has 1 heterocycles. The minimum absolute atomic E-state index is 0.0162. The number of aromatic hydroxyl groups is 1. The molecule has 0 aliphatic carbocycles. The third-order valence-electron chi connectivity index (χ3n) is 6.70. The Kier molecular flexibility index (Phi) is 6.70. The number of fused-ring (bicyclic) bond motifs is 1. The molecule has 0 aromatic heterocycles. The summed E-state index contributed by atoms with van der Waals surface area (Å²) in [6.45, 7) is 4.71. The summed E-state index contributed by atoms with van der Waals surface area (Å²) in [6, 6.07) is 19.7. The highest BCUT2D eigenvalue weighted by Gasteiger charge is 2.30. The summed E-state index contributed by atoms with van der Waals surface area (Å²) >= 11 is 0. The minimum atomic E-state index is -0.636. The van der Waals surface area contributed by atoms with Crippen LogP contribution in [0.3, 0.4) is 0 Å². The van der Waals surface area contributed by atoms with E-state index in [1.165, 1.54) is 11.1 Å². The number of aryl methyl sites for hydroxylation is 2. The van der Waals surface area contributed by atoms with E-state index in [4.69, 9.17) is 5.73 Å². The number of likely N-dealkylation sites (N-methyl/N-ethyl adjacent to an activating group) is 1. The molecular weight excluding hydrogens is 410 g/mol. The van der Waals surface area contributed by atoms with Crippen LogP contribution in [0.4, 0.5) is 5.69 Å². The molecule has 1 aliphatic heterocycles. The van der Waals surface area contributed by atoms with Gasteiger partial charge in [-0.25, -0.2) is 0 Å². The van der Waals surface area contributed by atoms with Crippen molar-refractivity contribution in [3.05, 3.63) is 94.0 Å². The molecular formula is C28H33N3O2. The number of nitrogens with two attached hydrogens (primary N) is 1. The Bertz CT molecular complexity index is 1120. The first-order valence-electron chi connectivity index (χ1n) is 11.6. The summed E-state index contributed by atoms with van der Waals surface area (Å²) in [5, 5.41) is 13.3. The lowest BCUT2D eigenvalue weighted by Crippen LogP contribution is -2.45. The van der Waals surface area contributed by atoms with Gasteiger partial charge in [-0.15, -0.1) is 0 Å². The number of phenolic OH excluding ortho intramolecular Hbond substituents is 1. The molecule has 4 rings (SSSR count). The average Bonchev–Trinajstić information content (AvgIpc) is 2.80. The maximum absolute atomic E-state index is 13.4. The van der Waals surface area contributed by atoms with Crippen molar-refractivity contribution in [3.8, 4) is 5.75 Å². The zero-order valence-corrected chi connectivity index (χ0v) is 19.6. The summed E-state index contributed by atoms with van der Waals surface area (Å²) in [6.07, 6.45) is 2.15. The van der Waals surface area contributed by atoms with Crippen LogP contribution in [0.15, 0.2) is 60.7 Å². The third kappa shape index (κ3) is 5.04. The van der Waals surface area contributed by atoms with E-state index in [2.05, 4.69) is 47.8 Å². The second-order valence-corrected chi connectivity index (χ2v) is 9.13. The Hall–Kier alpha value is -3.31. The molecule has 0 spiro atoms. The van der Waals surface area contributed by atoms with Gasteiger partial charge in [0.15, 0.2) is 0 Å². The van der Waals surface area contributed by atoms with Crippen LogP contribution in [0.2, 0.25) is 0 Å². The van der Waals surface area contributed by atoms with Gasteiger partial charge in [0.05, 0.1) is 12.1 Å². The summed E-state index contributed by atoms with van der Waals surface area (Å²) in [7, 11) is 1.86. The zero-order chi connectivity index (χ0) is 23.5. The van der Waals surface area contributed by atoms with Crippen LogP contribution in [0.5, 0.6) is 5.75 Å². The van der Waals surface area contributed by atoms with Crippen molar-refractivity contribution in [1.82, 2.24) is 4.90 Å². The molecule has 0 bridgehead atoms. The third-order valence-corrected chi connectivity index (χ3v) is 6.70. The van der Waals surface area contributed by atoms with E-state index in [0.717, 1.165) is 47.3 Å². The van der Waals surface area contributed by atoms with Crippen molar-refractivity contribution in [3.63, 3.8) is 0 Å². The average molecular weight is 444 g/mol. The first kappa shape index (κ1) is 22.9. The second kappa shape index (κ2) is 9.67. The van der Waals surface area contributed by atoms with Gasteiger partial charge >= 0.3 is 0 Å². The molecule has 0 unspecified atom stereocenters. The molecule has 172 valence electrons. The lowest BCUT2D eigenvalue weighted by atomic mass is 9.92. The van der Waals surface area contributed by atoms with Crippen LogP contribution in [-0.4, -0.2) is 35.5 Å². The van der Waals surface area contributed by atoms with E-state index < -0.39 is 6.04 Å². The van der Waals surface area contributed by atoms with Crippen molar-refractivity contribution in [2.45, 2.75) is 45.2 Å². The largest absolute Gasteiger partial charge is 0.508 e. The Morgan fingerprint density at radius 3 is 2.48 bits per heavy atom. The molecule has 5 nitrogen and oxygen atoms in total. The SMILES string of the molecule is Cc1cc(O)cc(C)c1C[C@H](N)C(=O)N(C)[C@H]1CCNc2ccc(Cc3ccccc3)cc21. The van der Waals surface area contributed by atoms with Gasteiger partial charge in [0, 0.05) is 19.3 Å². The molecule has 0 radical (unpaired) electrons. The Morgan fingerprint density at radius 2 is 1.79 bits per heavy atom. The molecule has 3 aromatic carbocycles. The molecule has 3 aromatic rings. The molecule has 0 fully saturated rings. The molecule has 1 aliphatic rings. The van der Waals surface area contributed by atoms with E-state index >= 15 is 0 Å². The van der Waals surface area contributed by atoms with Gasteiger partial charge in [0.25, 0.3) is 0 Å². The fourth-order valence-corrected chi connectivity index (χ4v) is 4.91. The van der Waals surface area contributed by atoms with Crippen molar-refractivity contribution < 1.29 is 9.90 Å². The summed E-state index contributed by atoms with van der Waals surface area (Å²) in [5.41, 5.74) is 14.1. The second-order valence-electron chi connectivity index (χ2n) is 9.13. The normalized spacial score (nSPS) is 15.9. The van der Waals surface area contributed by atoms with E-state index in [9.17, 15) is 9.90 Å². The van der Waals surface area contributed by atoms with Crippen molar-refractivity contribution in [1.29, 1.82) is 0 Å². The number of hydrogen-bond donors (Lipinski definition) is 3. The van der Waals surface area contributed by atoms with Crippen molar-refractivity contribution in [2.24, 2.45) is 5.73 Å². The maximum Gasteiger partial charge on any atom is 0.240 e. The fraction of sp³-hybridized carbons (Fsp3) is 0.321. The number of phenols is 1. The number of nitrogens with one attached hydrogen (secondary N) is 1. The highest BCUT2D eigenvalue weighted by Crippen LogP contribution is 2.35. The monoisotopic (exact) mass is 443 g/mol. The first-order valence-corrected chi connectivity index (χ1v) is 11.6. The molecule has 33 heavy (non-hydrogen) atoms. The summed E-state index contributed by atoms with van der Waals surface area (Å²) in [5.74, 6) is 0.177. The number of nitrogens with zero attached hydrogens (tertiary/aromatic N) is 1. The van der Waals surface area contributed by atoms with Gasteiger partial charge in [-0.3, -0.25) is 4.79 Å². The van der Waals surface area contributed by atoms with Gasteiger partial charge in [-0.1, -0.05) is 42.5 Å². The molecule has 0 saturated heterocycles. The molecule has 5 heteroatoms. The lowest BCUT2D eigenvalue weighted by Gasteiger charge is -2.35. The van der Waals surface area contributed by atoms with E-state index in [0.29, 0.717) is 6.42 Å². The highest BCUT2D eigenvalue weighted by atomic mass is 16.3. The van der Waals surface area contributed by atoms with Gasteiger partial charge in [0.2, 0.25) is 5.91 Å². The molecule has 1 amide bonds. The standard InChI is InChI=1S/C28H33N3O2/c1-18-13-22(32)14-19(2)23(18)17-25(29)28(33)31(3)27-11-12-30-26-10-9-21(16-24(26)27)15-20-7-5-4-6-8-20/h4-10,13-14,16,25,27,30,32H,11-12,15,17,29H2,1-3H3/t25-,27-/m0/s1. The van der Waals surface area contributed by atoms with E-state index in [-0.39, 0.29) is 17.7 Å². The predicted molar refractivity (Wildman–Crippen MR) is 134 cm³/mol. The highest BCUT2D eigenvalue weighted by molar-refractivity contribution is 5.82. The van der Waals surface area contributed by atoms with Gasteiger partial charge < -0.3 is 21.1 Å². The summed E-state index contributed by atoms with van der Waals surface area (Å²) < 4.78 is 0. The van der Waals surface area contributed by atoms with Gasteiger partial charge in [-0.2, -0.15) is 0 Å². The van der Waals surface area contributed by atoms with Crippen LogP contribution in [-0.2, 0) is 17.6 Å². The fourth-order valence-electron chi connectivity index (χ4n) is 4.91. The number of benzene rings is 3. The smallest absolute Gasteiger partial charge is 0.240 e. The van der Waals surface area contributed by atoms with Crippen molar-refractivity contribution >= 4 is 11.6 Å². The zero-order valence-electron chi connectivity index (χ0n) is 19.6. The van der Waals surface area contributed by atoms with Crippen LogP contribution < -0.4 is 11.1 Å². The van der Waals surface area contributed by atoms with Gasteiger partial charge in [0.1, 0.15) is 5.75 Å². The Morgan fingerprint density at radius 1 is 1.09 bits per heavy atom. The molecule has 2 atom stereocenters. The topological polar surface area (TPSA) is 78.6 Å².